The summed E-state index contributed by atoms with van der Waals surface area (Å²) >= 11 is 6.20. The maximum atomic E-state index is 12.0. The number of hydrogen-bond acceptors (Lipinski definition) is 3. The normalized spacial score (nSPS) is 31.2. The minimum absolute atomic E-state index is 0.0890. The van der Waals surface area contributed by atoms with Crippen LogP contribution >= 0.6 is 11.6 Å². The summed E-state index contributed by atoms with van der Waals surface area (Å²) in [6, 6.07) is 3.58. The Bertz CT molecular complexity index is 583. The zero-order valence-corrected chi connectivity index (χ0v) is 12.8. The van der Waals surface area contributed by atoms with Gasteiger partial charge in [0.05, 0.1) is 7.11 Å². The number of halogens is 1. The van der Waals surface area contributed by atoms with E-state index in [1.165, 1.54) is 13.5 Å². The molecule has 0 aromatic heterocycles. The van der Waals surface area contributed by atoms with Crippen LogP contribution in [-0.2, 0) is 10.2 Å². The first-order valence-electron chi connectivity index (χ1n) is 7.03. The van der Waals surface area contributed by atoms with Gasteiger partial charge in [-0.3, -0.25) is 0 Å². The van der Waals surface area contributed by atoms with E-state index in [2.05, 4.69) is 13.8 Å². The third-order valence-electron chi connectivity index (χ3n) is 5.13. The summed E-state index contributed by atoms with van der Waals surface area (Å²) in [5, 5.41) is 0.559. The Balaban J connectivity index is 2.21. The van der Waals surface area contributed by atoms with Crippen LogP contribution in [0.15, 0.2) is 12.1 Å². The molecular weight excluding hydrogens is 276 g/mol. The third kappa shape index (κ3) is 1.69. The van der Waals surface area contributed by atoms with Gasteiger partial charge in [0.15, 0.2) is 0 Å². The summed E-state index contributed by atoms with van der Waals surface area (Å²) in [4.78, 5) is 12.0. The Kier molecular flexibility index (Phi) is 3.02. The predicted octanol–water partition coefficient (Wildman–Crippen LogP) is 4.11. The molecule has 1 saturated carbocycles. The smallest absolute Gasteiger partial charge is 0.341 e. The highest BCUT2D eigenvalue weighted by Gasteiger charge is 2.56. The van der Waals surface area contributed by atoms with E-state index in [-0.39, 0.29) is 11.0 Å². The zero-order valence-electron chi connectivity index (χ0n) is 12.1. The molecule has 1 heterocycles. The second-order valence-corrected chi connectivity index (χ2v) is 6.63. The van der Waals surface area contributed by atoms with E-state index in [0.29, 0.717) is 16.3 Å². The summed E-state index contributed by atoms with van der Waals surface area (Å²) in [7, 11) is 1.38. The Hall–Kier alpha value is -1.22. The van der Waals surface area contributed by atoms with E-state index in [1.807, 2.05) is 6.07 Å². The van der Waals surface area contributed by atoms with Crippen LogP contribution in [0.25, 0.3) is 0 Å². The van der Waals surface area contributed by atoms with Gasteiger partial charge in [0.1, 0.15) is 16.9 Å². The lowest BCUT2D eigenvalue weighted by molar-refractivity contribution is 0.00650. The number of ether oxygens (including phenoxy) is 2. The highest BCUT2D eigenvalue weighted by atomic mass is 35.5. The summed E-state index contributed by atoms with van der Waals surface area (Å²) < 4.78 is 11.1. The van der Waals surface area contributed by atoms with Crippen molar-refractivity contribution in [1.29, 1.82) is 0 Å². The first kappa shape index (κ1) is 13.7. The molecule has 1 aliphatic heterocycles. The monoisotopic (exact) mass is 294 g/mol. The second-order valence-electron chi connectivity index (χ2n) is 6.19. The van der Waals surface area contributed by atoms with Crippen LogP contribution in [0.5, 0.6) is 5.75 Å². The van der Waals surface area contributed by atoms with Gasteiger partial charge in [0.2, 0.25) is 0 Å². The zero-order chi connectivity index (χ0) is 14.5. The minimum Gasteiger partial charge on any atom is -0.485 e. The van der Waals surface area contributed by atoms with Crippen molar-refractivity contribution in [3.8, 4) is 5.75 Å². The molecule has 0 radical (unpaired) electrons. The van der Waals surface area contributed by atoms with Crippen molar-refractivity contribution in [2.45, 2.75) is 50.5 Å². The molecule has 2 aliphatic rings. The lowest BCUT2D eigenvalue weighted by atomic mass is 9.63. The van der Waals surface area contributed by atoms with Crippen molar-refractivity contribution in [1.82, 2.24) is 0 Å². The van der Waals surface area contributed by atoms with Gasteiger partial charge in [-0.25, -0.2) is 4.79 Å². The van der Waals surface area contributed by atoms with E-state index in [1.54, 1.807) is 6.07 Å². The molecule has 1 fully saturated rings. The average molecular weight is 295 g/mol. The molecule has 20 heavy (non-hydrogen) atoms. The van der Waals surface area contributed by atoms with Crippen molar-refractivity contribution in [3.05, 3.63) is 28.3 Å². The fraction of sp³-hybridized carbons (Fsp3) is 0.562. The van der Waals surface area contributed by atoms with Gasteiger partial charge in [-0.05, 0) is 38.3 Å². The van der Waals surface area contributed by atoms with Gasteiger partial charge >= 0.3 is 5.97 Å². The molecule has 3 rings (SSSR count). The Labute approximate surface area is 124 Å². The standard InChI is InChI=1S/C16H19ClO3/c1-15-6-4-5-7-16(15,2)20-13-11(14(18)19-3)8-10(17)9-12(13)15/h8-9H,4-7H2,1-3H3/t15-,16-/m0/s1. The molecule has 0 bridgehead atoms. The van der Waals surface area contributed by atoms with Crippen LogP contribution in [0, 0.1) is 0 Å². The van der Waals surface area contributed by atoms with E-state index in [4.69, 9.17) is 21.1 Å². The first-order valence-corrected chi connectivity index (χ1v) is 7.40. The highest BCUT2D eigenvalue weighted by molar-refractivity contribution is 6.31. The number of benzene rings is 1. The molecule has 1 aromatic carbocycles. The van der Waals surface area contributed by atoms with E-state index < -0.39 is 5.97 Å². The first-order chi connectivity index (χ1) is 9.41. The highest BCUT2D eigenvalue weighted by Crippen LogP contribution is 2.57. The summed E-state index contributed by atoms with van der Waals surface area (Å²) in [5.74, 6) is 0.266. The van der Waals surface area contributed by atoms with Crippen molar-refractivity contribution < 1.29 is 14.3 Å². The number of methoxy groups -OCH3 is 1. The molecule has 0 N–H and O–H groups in total. The molecule has 1 aliphatic carbocycles. The second kappa shape index (κ2) is 4.39. The Morgan fingerprint density at radius 1 is 1.30 bits per heavy atom. The van der Waals surface area contributed by atoms with E-state index >= 15 is 0 Å². The van der Waals surface area contributed by atoms with Crippen molar-refractivity contribution in [2.24, 2.45) is 0 Å². The number of carbonyl (C=O) groups excluding carboxylic acids is 1. The Morgan fingerprint density at radius 2 is 2.00 bits per heavy atom. The predicted molar refractivity (Wildman–Crippen MR) is 77.6 cm³/mol. The number of fused-ring (bicyclic) bond motifs is 3. The van der Waals surface area contributed by atoms with Crippen molar-refractivity contribution >= 4 is 17.6 Å². The van der Waals surface area contributed by atoms with Gasteiger partial charge < -0.3 is 9.47 Å². The molecule has 108 valence electrons. The van der Waals surface area contributed by atoms with Gasteiger partial charge in [-0.1, -0.05) is 24.9 Å². The largest absolute Gasteiger partial charge is 0.485 e. The van der Waals surface area contributed by atoms with E-state index in [0.717, 1.165) is 24.8 Å². The molecular formula is C16H19ClO3. The SMILES string of the molecule is COC(=O)c1cc(Cl)cc2c1O[C@@]1(C)CCCC[C@@]21C. The molecule has 4 heteroatoms. The van der Waals surface area contributed by atoms with Crippen LogP contribution in [0.3, 0.4) is 0 Å². The van der Waals surface area contributed by atoms with Crippen LogP contribution in [0.2, 0.25) is 5.02 Å². The van der Waals surface area contributed by atoms with Gasteiger partial charge in [0.25, 0.3) is 0 Å². The molecule has 0 unspecified atom stereocenters. The maximum absolute atomic E-state index is 12.0. The third-order valence-corrected chi connectivity index (χ3v) is 5.35. The number of esters is 1. The van der Waals surface area contributed by atoms with Gasteiger partial charge in [-0.2, -0.15) is 0 Å². The minimum atomic E-state index is -0.394. The molecule has 0 amide bonds. The van der Waals surface area contributed by atoms with Crippen LogP contribution in [-0.4, -0.2) is 18.7 Å². The number of rotatable bonds is 1. The fourth-order valence-electron chi connectivity index (χ4n) is 3.66. The summed E-state index contributed by atoms with van der Waals surface area (Å²) in [6.45, 7) is 4.36. The number of carbonyl (C=O) groups is 1. The maximum Gasteiger partial charge on any atom is 0.341 e. The molecule has 3 nitrogen and oxygen atoms in total. The van der Waals surface area contributed by atoms with Crippen LogP contribution in [0.4, 0.5) is 0 Å². The lowest BCUT2D eigenvalue weighted by Crippen LogP contribution is -2.49. The molecule has 2 atom stereocenters. The fourth-order valence-corrected chi connectivity index (χ4v) is 3.88. The molecule has 0 saturated heterocycles. The molecule has 1 aromatic rings. The van der Waals surface area contributed by atoms with Gasteiger partial charge in [0, 0.05) is 16.0 Å². The van der Waals surface area contributed by atoms with Crippen molar-refractivity contribution in [2.75, 3.05) is 7.11 Å². The Morgan fingerprint density at radius 3 is 2.70 bits per heavy atom. The summed E-state index contributed by atoms with van der Waals surface area (Å²) in [6.07, 6.45) is 4.38. The quantitative estimate of drug-likeness (QED) is 0.731. The topological polar surface area (TPSA) is 35.5 Å². The lowest BCUT2D eigenvalue weighted by Gasteiger charge is -2.43. The average Bonchev–Trinajstić information content (AvgIpc) is 2.66. The number of hydrogen-bond donors (Lipinski definition) is 0. The van der Waals surface area contributed by atoms with Crippen molar-refractivity contribution in [3.63, 3.8) is 0 Å². The molecule has 0 spiro atoms. The summed E-state index contributed by atoms with van der Waals surface area (Å²) in [5.41, 5.74) is 1.13. The van der Waals surface area contributed by atoms with Crippen LogP contribution < -0.4 is 4.74 Å². The van der Waals surface area contributed by atoms with Gasteiger partial charge in [-0.15, -0.1) is 0 Å². The van der Waals surface area contributed by atoms with Crippen LogP contribution in [0.1, 0.15) is 55.5 Å². The van der Waals surface area contributed by atoms with E-state index in [9.17, 15) is 4.79 Å².